The van der Waals surface area contributed by atoms with E-state index in [0.717, 1.165) is 33.4 Å². The lowest BCUT2D eigenvalue weighted by atomic mass is 9.96. The van der Waals surface area contributed by atoms with E-state index in [4.69, 9.17) is 4.42 Å². The first-order chi connectivity index (χ1) is 14.7. The van der Waals surface area contributed by atoms with Gasteiger partial charge in [0.25, 0.3) is 0 Å². The minimum Gasteiger partial charge on any atom is -0.416 e. The Morgan fingerprint density at radius 2 is 1.52 bits per heavy atom. The molecule has 0 spiro atoms. The van der Waals surface area contributed by atoms with Gasteiger partial charge in [0, 0.05) is 17.7 Å². The molecule has 0 saturated carbocycles. The Bertz CT molecular complexity index is 1110. The Morgan fingerprint density at radius 1 is 0.839 bits per heavy atom. The largest absolute Gasteiger partial charge is 0.416 e. The summed E-state index contributed by atoms with van der Waals surface area (Å²) in [7, 11) is 0. The first kappa shape index (κ1) is 22.7. The number of aromatic nitrogens is 2. The molecule has 6 heteroatoms. The predicted molar refractivity (Wildman–Crippen MR) is 126 cm³/mol. The van der Waals surface area contributed by atoms with Gasteiger partial charge in [-0.05, 0) is 53.8 Å². The summed E-state index contributed by atoms with van der Waals surface area (Å²) in [4.78, 5) is 0. The number of hydrogen-bond donors (Lipinski definition) is 2. The van der Waals surface area contributed by atoms with Crippen molar-refractivity contribution in [2.24, 2.45) is 0 Å². The van der Waals surface area contributed by atoms with Crippen LogP contribution in [0.2, 0.25) is 0 Å². The van der Waals surface area contributed by atoms with Gasteiger partial charge in [0.05, 0.1) is 0 Å². The molecule has 2 N–H and O–H groups in total. The SMILES string of the molecule is CCC(O)NCc1ccc(-c2nnc(-c3cccc(-c4ccccc4)c3C)o2)cc1.Cl. The molecule has 1 atom stereocenters. The van der Waals surface area contributed by atoms with Crippen molar-refractivity contribution in [3.63, 3.8) is 0 Å². The standard InChI is InChI=1S/C25H25N3O2.ClH/c1-3-23(29)26-16-18-12-14-20(15-13-18)24-27-28-25(30-24)22-11-7-10-21(17(22)2)19-8-5-4-6-9-19;/h4-15,23,26,29H,3,16H2,1-2H3;1H. The molecule has 1 unspecified atom stereocenters. The molecule has 160 valence electrons. The van der Waals surface area contributed by atoms with Crippen molar-refractivity contribution in [3.05, 3.63) is 83.9 Å². The molecule has 1 aromatic heterocycles. The monoisotopic (exact) mass is 435 g/mol. The third-order valence-corrected chi connectivity index (χ3v) is 5.20. The van der Waals surface area contributed by atoms with Crippen molar-refractivity contribution in [1.29, 1.82) is 0 Å². The van der Waals surface area contributed by atoms with E-state index in [9.17, 15) is 5.11 Å². The van der Waals surface area contributed by atoms with Crippen LogP contribution in [0.25, 0.3) is 34.0 Å². The third kappa shape index (κ3) is 5.20. The number of nitrogens with zero attached hydrogens (tertiary/aromatic N) is 2. The predicted octanol–water partition coefficient (Wildman–Crippen LogP) is 5.62. The van der Waals surface area contributed by atoms with Crippen LogP contribution in [0.15, 0.2) is 77.2 Å². The van der Waals surface area contributed by atoms with E-state index in [2.05, 4.69) is 40.6 Å². The van der Waals surface area contributed by atoms with Crippen LogP contribution in [0.4, 0.5) is 0 Å². The van der Waals surface area contributed by atoms with E-state index in [0.29, 0.717) is 24.7 Å². The molecule has 0 fully saturated rings. The maximum absolute atomic E-state index is 9.63. The Labute approximate surface area is 188 Å². The second-order valence-electron chi connectivity index (χ2n) is 7.26. The Balaban J connectivity index is 0.00000272. The van der Waals surface area contributed by atoms with Crippen molar-refractivity contribution in [1.82, 2.24) is 15.5 Å². The van der Waals surface area contributed by atoms with Gasteiger partial charge < -0.3 is 9.52 Å². The summed E-state index contributed by atoms with van der Waals surface area (Å²) in [5.74, 6) is 1.000. The van der Waals surface area contributed by atoms with Gasteiger partial charge >= 0.3 is 0 Å². The van der Waals surface area contributed by atoms with Gasteiger partial charge in [-0.1, -0.05) is 61.5 Å². The molecule has 0 aliphatic carbocycles. The lowest BCUT2D eigenvalue weighted by Crippen LogP contribution is -2.27. The molecule has 0 radical (unpaired) electrons. The van der Waals surface area contributed by atoms with Crippen molar-refractivity contribution < 1.29 is 9.52 Å². The van der Waals surface area contributed by atoms with E-state index in [1.165, 1.54) is 0 Å². The molecule has 3 aromatic carbocycles. The van der Waals surface area contributed by atoms with Crippen LogP contribution < -0.4 is 5.32 Å². The summed E-state index contributed by atoms with van der Waals surface area (Å²) < 4.78 is 6.01. The molecule has 0 aliphatic heterocycles. The Hall–Kier alpha value is -2.99. The summed E-state index contributed by atoms with van der Waals surface area (Å²) in [6.07, 6.45) is 0.186. The van der Waals surface area contributed by atoms with E-state index < -0.39 is 6.23 Å². The quantitative estimate of drug-likeness (QED) is 0.369. The molecule has 31 heavy (non-hydrogen) atoms. The molecule has 0 bridgehead atoms. The molecule has 4 aromatic rings. The van der Waals surface area contributed by atoms with Crippen LogP contribution in [0.3, 0.4) is 0 Å². The number of hydrogen-bond acceptors (Lipinski definition) is 5. The number of benzene rings is 3. The van der Waals surface area contributed by atoms with Gasteiger partial charge in [-0.2, -0.15) is 0 Å². The number of aliphatic hydroxyl groups excluding tert-OH is 1. The van der Waals surface area contributed by atoms with E-state index in [1.807, 2.05) is 61.5 Å². The topological polar surface area (TPSA) is 71.2 Å². The highest BCUT2D eigenvalue weighted by Crippen LogP contribution is 2.32. The van der Waals surface area contributed by atoms with Crippen molar-refractivity contribution in [3.8, 4) is 34.0 Å². The number of halogens is 1. The van der Waals surface area contributed by atoms with Crippen LogP contribution >= 0.6 is 12.4 Å². The molecule has 0 aliphatic rings. The summed E-state index contributed by atoms with van der Waals surface area (Å²) in [6.45, 7) is 4.62. The molecule has 0 amide bonds. The third-order valence-electron chi connectivity index (χ3n) is 5.20. The van der Waals surface area contributed by atoms with Crippen molar-refractivity contribution in [2.75, 3.05) is 0 Å². The number of rotatable bonds is 7. The normalized spacial score (nSPS) is 11.7. The Kier molecular flexibility index (Phi) is 7.58. The van der Waals surface area contributed by atoms with Gasteiger partial charge in [0.15, 0.2) is 0 Å². The van der Waals surface area contributed by atoms with E-state index in [1.54, 1.807) is 0 Å². The van der Waals surface area contributed by atoms with Crippen molar-refractivity contribution >= 4 is 12.4 Å². The van der Waals surface area contributed by atoms with Gasteiger partial charge in [-0.15, -0.1) is 22.6 Å². The van der Waals surface area contributed by atoms with Crippen LogP contribution in [0, 0.1) is 6.92 Å². The van der Waals surface area contributed by atoms with Crippen molar-refractivity contribution in [2.45, 2.75) is 33.0 Å². The molecule has 5 nitrogen and oxygen atoms in total. The highest BCUT2D eigenvalue weighted by molar-refractivity contribution is 5.85. The number of nitrogens with one attached hydrogen (secondary N) is 1. The van der Waals surface area contributed by atoms with Crippen LogP contribution in [0.5, 0.6) is 0 Å². The van der Waals surface area contributed by atoms with Gasteiger partial charge in [0.2, 0.25) is 11.8 Å². The zero-order chi connectivity index (χ0) is 20.9. The van der Waals surface area contributed by atoms with Crippen LogP contribution in [0.1, 0.15) is 24.5 Å². The highest BCUT2D eigenvalue weighted by Gasteiger charge is 2.15. The summed E-state index contributed by atoms with van der Waals surface area (Å²) in [5, 5.41) is 21.2. The smallest absolute Gasteiger partial charge is 0.248 e. The average molecular weight is 436 g/mol. The minimum absolute atomic E-state index is 0. The number of aliphatic hydroxyl groups is 1. The fraction of sp³-hybridized carbons (Fsp3) is 0.200. The average Bonchev–Trinajstić information content (AvgIpc) is 3.28. The second-order valence-corrected chi connectivity index (χ2v) is 7.26. The molecule has 4 rings (SSSR count). The van der Waals surface area contributed by atoms with Crippen LogP contribution in [-0.4, -0.2) is 21.5 Å². The maximum atomic E-state index is 9.63. The first-order valence-corrected chi connectivity index (χ1v) is 10.2. The van der Waals surface area contributed by atoms with E-state index in [-0.39, 0.29) is 12.4 Å². The summed E-state index contributed by atoms with van der Waals surface area (Å²) in [6, 6.07) is 24.3. The fourth-order valence-corrected chi connectivity index (χ4v) is 3.39. The molecular weight excluding hydrogens is 410 g/mol. The molecule has 0 saturated heterocycles. The van der Waals surface area contributed by atoms with Gasteiger partial charge in [-0.25, -0.2) is 0 Å². The minimum atomic E-state index is -0.488. The fourth-order valence-electron chi connectivity index (χ4n) is 3.39. The highest BCUT2D eigenvalue weighted by atomic mass is 35.5. The van der Waals surface area contributed by atoms with Gasteiger partial charge in [0.1, 0.15) is 6.23 Å². The lowest BCUT2D eigenvalue weighted by molar-refractivity contribution is 0.131. The maximum Gasteiger partial charge on any atom is 0.248 e. The van der Waals surface area contributed by atoms with E-state index >= 15 is 0 Å². The van der Waals surface area contributed by atoms with Gasteiger partial charge in [-0.3, -0.25) is 5.32 Å². The zero-order valence-corrected chi connectivity index (χ0v) is 18.4. The van der Waals surface area contributed by atoms with Crippen LogP contribution in [-0.2, 0) is 6.54 Å². The summed E-state index contributed by atoms with van der Waals surface area (Å²) >= 11 is 0. The molecule has 1 heterocycles. The molecular formula is C25H26ClN3O2. The first-order valence-electron chi connectivity index (χ1n) is 10.2. The second kappa shape index (κ2) is 10.4. The summed E-state index contributed by atoms with van der Waals surface area (Å²) in [5.41, 5.74) is 6.30. The Morgan fingerprint density at radius 3 is 2.23 bits per heavy atom. The lowest BCUT2D eigenvalue weighted by Gasteiger charge is -2.10. The zero-order valence-electron chi connectivity index (χ0n) is 17.6.